The van der Waals surface area contributed by atoms with Crippen LogP contribution >= 0.6 is 0 Å². The number of hydrogen-bond donors (Lipinski definition) is 2. The fourth-order valence-corrected chi connectivity index (χ4v) is 3.50. The van der Waals surface area contributed by atoms with Crippen LogP contribution in [0, 0.1) is 5.92 Å². The molecule has 5 nitrogen and oxygen atoms in total. The number of likely N-dealkylation sites (tertiary alicyclic amines) is 1. The number of fused-ring (bicyclic) bond motifs is 1. The van der Waals surface area contributed by atoms with Crippen LogP contribution in [0.1, 0.15) is 38.5 Å². The van der Waals surface area contributed by atoms with E-state index in [1.807, 2.05) is 5.32 Å². The maximum Gasteiger partial charge on any atom is 0.405 e. The van der Waals surface area contributed by atoms with Crippen LogP contribution in [-0.2, 0) is 4.79 Å². The molecule has 2 aliphatic rings. The molecule has 22 heavy (non-hydrogen) atoms. The minimum absolute atomic E-state index is 0.0700. The first-order chi connectivity index (χ1) is 10.3. The molecule has 0 aromatic carbocycles. The van der Waals surface area contributed by atoms with Gasteiger partial charge in [-0.1, -0.05) is 12.8 Å². The molecule has 2 atom stereocenters. The largest absolute Gasteiger partial charge is 0.405 e. The van der Waals surface area contributed by atoms with Crippen LogP contribution in [0.4, 0.5) is 18.0 Å². The van der Waals surface area contributed by atoms with Gasteiger partial charge in [-0.05, 0) is 38.1 Å². The quantitative estimate of drug-likeness (QED) is 0.836. The Kier molecular flexibility index (Phi) is 5.66. The zero-order chi connectivity index (χ0) is 16.2. The van der Waals surface area contributed by atoms with Gasteiger partial charge in [0.25, 0.3) is 0 Å². The summed E-state index contributed by atoms with van der Waals surface area (Å²) >= 11 is 0. The number of imide groups is 1. The van der Waals surface area contributed by atoms with E-state index < -0.39 is 24.7 Å². The van der Waals surface area contributed by atoms with Crippen molar-refractivity contribution in [2.45, 2.75) is 50.7 Å². The normalized spacial score (nSPS) is 26.1. The van der Waals surface area contributed by atoms with Gasteiger partial charge in [0, 0.05) is 6.04 Å². The Morgan fingerprint density at radius 2 is 1.77 bits per heavy atom. The van der Waals surface area contributed by atoms with Crippen LogP contribution in [0.25, 0.3) is 0 Å². The molecule has 1 saturated carbocycles. The number of rotatable bonds is 3. The predicted octanol–water partition coefficient (Wildman–Crippen LogP) is 2.03. The molecule has 2 unspecified atom stereocenters. The lowest BCUT2D eigenvalue weighted by molar-refractivity contribution is -0.125. The van der Waals surface area contributed by atoms with Gasteiger partial charge >= 0.3 is 12.2 Å². The van der Waals surface area contributed by atoms with Gasteiger partial charge in [0.2, 0.25) is 5.91 Å². The summed E-state index contributed by atoms with van der Waals surface area (Å²) in [4.78, 5) is 25.2. The van der Waals surface area contributed by atoms with E-state index in [2.05, 4.69) is 4.90 Å². The van der Waals surface area contributed by atoms with Crippen molar-refractivity contribution in [2.75, 3.05) is 19.6 Å². The van der Waals surface area contributed by atoms with Crippen LogP contribution < -0.4 is 10.6 Å². The lowest BCUT2D eigenvalue weighted by Gasteiger charge is -2.43. The number of halogens is 3. The van der Waals surface area contributed by atoms with Crippen molar-refractivity contribution >= 4 is 11.9 Å². The zero-order valence-electron chi connectivity index (χ0n) is 12.4. The third-order valence-corrected chi connectivity index (χ3v) is 4.41. The predicted molar refractivity (Wildman–Crippen MR) is 74.1 cm³/mol. The fraction of sp³-hybridized carbons (Fsp3) is 0.857. The third-order valence-electron chi connectivity index (χ3n) is 4.41. The monoisotopic (exact) mass is 321 g/mol. The number of carbonyl (C=O) groups is 2. The number of amides is 3. The van der Waals surface area contributed by atoms with E-state index in [9.17, 15) is 22.8 Å². The summed E-state index contributed by atoms with van der Waals surface area (Å²) in [5.41, 5.74) is 0. The number of piperidine rings is 1. The third kappa shape index (κ3) is 5.15. The molecular weight excluding hydrogens is 299 g/mol. The summed E-state index contributed by atoms with van der Waals surface area (Å²) in [5, 5.41) is 3.60. The molecule has 1 aliphatic carbocycles. The van der Waals surface area contributed by atoms with Crippen molar-refractivity contribution in [3.63, 3.8) is 0 Å². The lowest BCUT2D eigenvalue weighted by Crippen LogP contribution is -2.52. The summed E-state index contributed by atoms with van der Waals surface area (Å²) in [5.74, 6) is 0.0558. The van der Waals surface area contributed by atoms with E-state index in [0.717, 1.165) is 25.8 Å². The Morgan fingerprint density at radius 3 is 2.50 bits per heavy atom. The Labute approximate surface area is 127 Å². The Bertz CT molecular complexity index is 413. The Balaban J connectivity index is 1.77. The highest BCUT2D eigenvalue weighted by atomic mass is 19.4. The minimum atomic E-state index is -4.48. The Hall–Kier alpha value is -1.31. The average molecular weight is 321 g/mol. The minimum Gasteiger partial charge on any atom is -0.329 e. The summed E-state index contributed by atoms with van der Waals surface area (Å²) in [7, 11) is 0. The van der Waals surface area contributed by atoms with E-state index in [1.54, 1.807) is 5.32 Å². The topological polar surface area (TPSA) is 61.4 Å². The molecule has 3 amide bonds. The van der Waals surface area contributed by atoms with Gasteiger partial charge in [-0.2, -0.15) is 13.2 Å². The van der Waals surface area contributed by atoms with Crippen LogP contribution in [0.3, 0.4) is 0 Å². The number of hydrogen-bond acceptors (Lipinski definition) is 3. The molecule has 0 aromatic heterocycles. The highest BCUT2D eigenvalue weighted by Gasteiger charge is 2.34. The van der Waals surface area contributed by atoms with Crippen molar-refractivity contribution in [2.24, 2.45) is 5.92 Å². The standard InChI is InChI=1S/C14H22F3N3O2/c15-14(16,17)9-18-13(22)19-12(21)8-20-7-3-5-10-4-1-2-6-11(10)20/h10-11H,1-9H2,(H2,18,19,21,22). The number of urea groups is 1. The second-order valence-corrected chi connectivity index (χ2v) is 6.07. The zero-order valence-corrected chi connectivity index (χ0v) is 12.4. The van der Waals surface area contributed by atoms with Gasteiger partial charge in [0.05, 0.1) is 6.54 Å². The fourth-order valence-electron chi connectivity index (χ4n) is 3.50. The molecule has 126 valence electrons. The molecule has 0 bridgehead atoms. The molecule has 1 aliphatic heterocycles. The molecule has 1 saturated heterocycles. The van der Waals surface area contributed by atoms with Crippen LogP contribution in [0.5, 0.6) is 0 Å². The molecule has 0 aromatic rings. The van der Waals surface area contributed by atoms with E-state index in [-0.39, 0.29) is 6.54 Å². The summed E-state index contributed by atoms with van der Waals surface area (Å²) in [6.07, 6.45) is 2.31. The molecule has 1 heterocycles. The highest BCUT2D eigenvalue weighted by Crippen LogP contribution is 2.34. The molecule has 2 rings (SSSR count). The number of carbonyl (C=O) groups excluding carboxylic acids is 2. The molecule has 8 heteroatoms. The molecular formula is C14H22F3N3O2. The SMILES string of the molecule is O=C(CN1CCCC2CCCCC21)NC(=O)NCC(F)(F)F. The first-order valence-corrected chi connectivity index (χ1v) is 7.73. The van der Waals surface area contributed by atoms with Gasteiger partial charge in [0.1, 0.15) is 6.54 Å². The van der Waals surface area contributed by atoms with E-state index in [4.69, 9.17) is 0 Å². The molecule has 2 fully saturated rings. The van der Waals surface area contributed by atoms with Gasteiger partial charge in [-0.3, -0.25) is 15.0 Å². The van der Waals surface area contributed by atoms with E-state index in [1.165, 1.54) is 19.3 Å². The van der Waals surface area contributed by atoms with Crippen LogP contribution in [0.2, 0.25) is 0 Å². The van der Waals surface area contributed by atoms with Crippen molar-refractivity contribution in [1.82, 2.24) is 15.5 Å². The second kappa shape index (κ2) is 7.30. The maximum absolute atomic E-state index is 12.0. The lowest BCUT2D eigenvalue weighted by atomic mass is 9.78. The number of nitrogens with zero attached hydrogens (tertiary/aromatic N) is 1. The van der Waals surface area contributed by atoms with Crippen molar-refractivity contribution in [1.29, 1.82) is 0 Å². The first kappa shape index (κ1) is 17.1. The van der Waals surface area contributed by atoms with Crippen molar-refractivity contribution < 1.29 is 22.8 Å². The Morgan fingerprint density at radius 1 is 1.09 bits per heavy atom. The first-order valence-electron chi connectivity index (χ1n) is 7.73. The van der Waals surface area contributed by atoms with Gasteiger partial charge in [-0.25, -0.2) is 4.79 Å². The number of nitrogens with one attached hydrogen (secondary N) is 2. The second-order valence-electron chi connectivity index (χ2n) is 6.07. The maximum atomic E-state index is 12.0. The van der Waals surface area contributed by atoms with Crippen molar-refractivity contribution in [3.8, 4) is 0 Å². The van der Waals surface area contributed by atoms with Crippen molar-refractivity contribution in [3.05, 3.63) is 0 Å². The number of alkyl halides is 3. The smallest absolute Gasteiger partial charge is 0.329 e. The summed E-state index contributed by atoms with van der Waals surface area (Å²) in [6.45, 7) is -0.570. The van der Waals surface area contributed by atoms with E-state index >= 15 is 0 Å². The highest BCUT2D eigenvalue weighted by molar-refractivity contribution is 5.95. The molecule has 2 N–H and O–H groups in total. The van der Waals surface area contributed by atoms with Gasteiger partial charge < -0.3 is 5.32 Å². The van der Waals surface area contributed by atoms with Crippen LogP contribution in [-0.4, -0.2) is 48.7 Å². The van der Waals surface area contributed by atoms with E-state index in [0.29, 0.717) is 12.0 Å². The average Bonchev–Trinajstić information content (AvgIpc) is 2.45. The molecule has 0 spiro atoms. The summed E-state index contributed by atoms with van der Waals surface area (Å²) in [6, 6.07) is -0.731. The van der Waals surface area contributed by atoms with Gasteiger partial charge in [-0.15, -0.1) is 0 Å². The van der Waals surface area contributed by atoms with Crippen LogP contribution in [0.15, 0.2) is 0 Å². The molecule has 0 radical (unpaired) electrons. The summed E-state index contributed by atoms with van der Waals surface area (Å²) < 4.78 is 35.9. The van der Waals surface area contributed by atoms with Gasteiger partial charge in [0.15, 0.2) is 0 Å².